The normalized spacial score (nSPS) is 12.8. The monoisotopic (exact) mass is 529 g/mol. The summed E-state index contributed by atoms with van der Waals surface area (Å²) in [4.78, 5) is 29.1. The number of aromatic nitrogens is 1. The molecule has 0 fully saturated rings. The van der Waals surface area contributed by atoms with E-state index in [9.17, 15) is 14.7 Å². The summed E-state index contributed by atoms with van der Waals surface area (Å²) in [5.74, 6) is -0.487. The number of hydrogen-bond donors (Lipinski definition) is 3. The minimum atomic E-state index is -1.13. The van der Waals surface area contributed by atoms with Gasteiger partial charge in [-0.25, -0.2) is 14.6 Å². The molecule has 1 aromatic heterocycles. The van der Waals surface area contributed by atoms with E-state index in [1.54, 1.807) is 6.20 Å². The van der Waals surface area contributed by atoms with Gasteiger partial charge in [-0.3, -0.25) is 0 Å². The van der Waals surface area contributed by atoms with Crippen LogP contribution in [0.5, 0.6) is 0 Å². The van der Waals surface area contributed by atoms with Crippen molar-refractivity contribution in [3.05, 3.63) is 126 Å². The smallest absolute Gasteiger partial charge is 0.407 e. The van der Waals surface area contributed by atoms with Crippen molar-refractivity contribution in [2.45, 2.75) is 18.4 Å². The molecule has 0 spiro atoms. The summed E-state index contributed by atoms with van der Waals surface area (Å²) < 4.78 is 5.55. The van der Waals surface area contributed by atoms with E-state index in [1.165, 1.54) is 0 Å². The van der Waals surface area contributed by atoms with Crippen molar-refractivity contribution in [3.8, 4) is 11.1 Å². The van der Waals surface area contributed by atoms with Gasteiger partial charge < -0.3 is 20.5 Å². The van der Waals surface area contributed by atoms with Gasteiger partial charge in [0.15, 0.2) is 0 Å². The summed E-state index contributed by atoms with van der Waals surface area (Å²) in [5, 5.41) is 17.7. The molecule has 198 valence electrons. The molecule has 0 aliphatic heterocycles. The first kappa shape index (κ1) is 25.1. The molecule has 5 aromatic rings. The van der Waals surface area contributed by atoms with Crippen LogP contribution in [0.4, 0.5) is 16.3 Å². The highest BCUT2D eigenvalue weighted by molar-refractivity contribution is 5.93. The number of alkyl carbamates (subject to hydrolysis) is 1. The Morgan fingerprint density at radius 3 is 2.17 bits per heavy atom. The lowest BCUT2D eigenvalue weighted by atomic mass is 9.98. The van der Waals surface area contributed by atoms with Crippen LogP contribution in [0.2, 0.25) is 0 Å². The van der Waals surface area contributed by atoms with Crippen molar-refractivity contribution in [2.75, 3.05) is 11.9 Å². The lowest BCUT2D eigenvalue weighted by molar-refractivity contribution is -0.139. The highest BCUT2D eigenvalue weighted by Gasteiger charge is 2.29. The Labute approximate surface area is 231 Å². The predicted molar refractivity (Wildman–Crippen MR) is 155 cm³/mol. The molecule has 0 bridgehead atoms. The Hall–Kier alpha value is -5.17. The minimum absolute atomic E-state index is 0.0994. The second-order valence-electron chi connectivity index (χ2n) is 9.77. The van der Waals surface area contributed by atoms with Crippen LogP contribution in [0.15, 0.2) is 109 Å². The number of benzene rings is 4. The van der Waals surface area contributed by atoms with Gasteiger partial charge in [0.1, 0.15) is 18.5 Å². The maximum Gasteiger partial charge on any atom is 0.407 e. The predicted octanol–water partition coefficient (Wildman–Crippen LogP) is 6.51. The standard InChI is InChI=1S/C33H27N3O4/c37-32(38)30(19-21-13-15-23(16-14-21)35-31-24-8-2-1-7-22(24)17-18-34-31)36-33(39)40-20-29-27-11-5-3-9-25(27)26-10-4-6-12-28(26)29/h1-18,29-30H,19-20H2,(H,34,35)(H,36,39)(H,37,38)/t30-/m0/s1. The van der Waals surface area contributed by atoms with Crippen molar-refractivity contribution in [1.29, 1.82) is 0 Å². The molecule has 7 heteroatoms. The van der Waals surface area contributed by atoms with Crippen molar-refractivity contribution < 1.29 is 19.4 Å². The zero-order chi connectivity index (χ0) is 27.5. The van der Waals surface area contributed by atoms with E-state index in [0.717, 1.165) is 50.1 Å². The van der Waals surface area contributed by atoms with Gasteiger partial charge >= 0.3 is 12.1 Å². The third-order valence-electron chi connectivity index (χ3n) is 7.26. The molecule has 1 aliphatic carbocycles. The van der Waals surface area contributed by atoms with Crippen LogP contribution in [-0.2, 0) is 16.0 Å². The fraction of sp³-hybridized carbons (Fsp3) is 0.121. The molecule has 1 aliphatic rings. The van der Waals surface area contributed by atoms with Gasteiger partial charge in [-0.15, -0.1) is 0 Å². The van der Waals surface area contributed by atoms with Gasteiger partial charge in [0.25, 0.3) is 0 Å². The number of rotatable bonds is 8. The van der Waals surface area contributed by atoms with E-state index in [2.05, 4.69) is 27.8 Å². The van der Waals surface area contributed by atoms with Gasteiger partial charge in [0.2, 0.25) is 0 Å². The second-order valence-corrected chi connectivity index (χ2v) is 9.77. The number of ether oxygens (including phenoxy) is 1. The summed E-state index contributed by atoms with van der Waals surface area (Å²) in [6, 6.07) is 32.3. The molecule has 0 unspecified atom stereocenters. The average Bonchev–Trinajstić information content (AvgIpc) is 3.30. The molecule has 1 amide bonds. The third-order valence-corrected chi connectivity index (χ3v) is 7.26. The highest BCUT2D eigenvalue weighted by Crippen LogP contribution is 2.44. The molecule has 40 heavy (non-hydrogen) atoms. The van der Waals surface area contributed by atoms with Crippen molar-refractivity contribution in [3.63, 3.8) is 0 Å². The number of nitrogens with one attached hydrogen (secondary N) is 2. The maximum absolute atomic E-state index is 12.7. The van der Waals surface area contributed by atoms with E-state index in [-0.39, 0.29) is 18.9 Å². The van der Waals surface area contributed by atoms with E-state index in [4.69, 9.17) is 4.74 Å². The van der Waals surface area contributed by atoms with Crippen LogP contribution in [0.25, 0.3) is 21.9 Å². The molecule has 1 atom stereocenters. The Morgan fingerprint density at radius 1 is 0.825 bits per heavy atom. The molecule has 4 aromatic carbocycles. The summed E-state index contributed by atoms with van der Waals surface area (Å²) in [7, 11) is 0. The first-order valence-corrected chi connectivity index (χ1v) is 13.1. The SMILES string of the molecule is O=C(N[C@@H](Cc1ccc(Nc2nccc3ccccc23)cc1)C(=O)O)OCC1c2ccccc2-c2ccccc21. The first-order valence-electron chi connectivity index (χ1n) is 13.1. The molecule has 7 nitrogen and oxygen atoms in total. The molecule has 0 radical (unpaired) electrons. The Kier molecular flexibility index (Phi) is 6.85. The fourth-order valence-electron chi connectivity index (χ4n) is 5.30. The number of aliphatic carboxylic acids is 1. The lowest BCUT2D eigenvalue weighted by Crippen LogP contribution is -2.42. The highest BCUT2D eigenvalue weighted by atomic mass is 16.5. The van der Waals surface area contributed by atoms with E-state index >= 15 is 0 Å². The largest absolute Gasteiger partial charge is 0.480 e. The number of fused-ring (bicyclic) bond motifs is 4. The number of carbonyl (C=O) groups is 2. The van der Waals surface area contributed by atoms with E-state index in [1.807, 2.05) is 91.0 Å². The molecule has 0 saturated carbocycles. The quantitative estimate of drug-likeness (QED) is 0.212. The third kappa shape index (κ3) is 5.09. The van der Waals surface area contributed by atoms with Gasteiger partial charge in [-0.05, 0) is 51.4 Å². The molecule has 6 rings (SSSR count). The van der Waals surface area contributed by atoms with E-state index < -0.39 is 18.1 Å². The Balaban J connectivity index is 1.09. The van der Waals surface area contributed by atoms with E-state index in [0.29, 0.717) is 0 Å². The number of hydrogen-bond acceptors (Lipinski definition) is 5. The minimum Gasteiger partial charge on any atom is -0.480 e. The number of nitrogens with zero attached hydrogens (tertiary/aromatic N) is 1. The number of pyridine rings is 1. The molecule has 3 N–H and O–H groups in total. The lowest BCUT2D eigenvalue weighted by Gasteiger charge is -2.18. The summed E-state index contributed by atoms with van der Waals surface area (Å²) in [6.07, 6.45) is 1.12. The molecular formula is C33H27N3O4. The van der Waals surface area contributed by atoms with Gasteiger partial charge in [-0.2, -0.15) is 0 Å². The van der Waals surface area contributed by atoms with Crippen molar-refractivity contribution in [2.24, 2.45) is 0 Å². The topological polar surface area (TPSA) is 101 Å². The summed E-state index contributed by atoms with van der Waals surface area (Å²) in [6.45, 7) is 0.120. The fourth-order valence-corrected chi connectivity index (χ4v) is 5.30. The average molecular weight is 530 g/mol. The first-order chi connectivity index (χ1) is 19.6. The number of carboxylic acids is 1. The van der Waals surface area contributed by atoms with Crippen molar-refractivity contribution in [1.82, 2.24) is 10.3 Å². The van der Waals surface area contributed by atoms with Gasteiger partial charge in [0.05, 0.1) is 0 Å². The molecule has 1 heterocycles. The second kappa shape index (κ2) is 10.9. The van der Waals surface area contributed by atoms with Crippen LogP contribution in [0.1, 0.15) is 22.6 Å². The summed E-state index contributed by atoms with van der Waals surface area (Å²) >= 11 is 0. The number of carbonyl (C=O) groups excluding carboxylic acids is 1. The van der Waals surface area contributed by atoms with Gasteiger partial charge in [-0.1, -0.05) is 84.9 Å². The number of anilines is 2. The summed E-state index contributed by atoms with van der Waals surface area (Å²) in [5.41, 5.74) is 6.04. The number of carboxylic acid groups (broad SMARTS) is 1. The van der Waals surface area contributed by atoms with Crippen molar-refractivity contribution >= 4 is 34.3 Å². The molecular weight excluding hydrogens is 502 g/mol. The zero-order valence-electron chi connectivity index (χ0n) is 21.6. The van der Waals surface area contributed by atoms with Crippen LogP contribution in [0, 0.1) is 0 Å². The Morgan fingerprint density at radius 2 is 1.48 bits per heavy atom. The van der Waals surface area contributed by atoms with Gasteiger partial charge in [0, 0.05) is 29.6 Å². The maximum atomic E-state index is 12.7. The number of amides is 1. The zero-order valence-corrected chi connectivity index (χ0v) is 21.6. The molecule has 0 saturated heterocycles. The van der Waals surface area contributed by atoms with Crippen LogP contribution >= 0.6 is 0 Å². The Bertz CT molecular complexity index is 1650. The van der Waals surface area contributed by atoms with Crippen LogP contribution < -0.4 is 10.6 Å². The van der Waals surface area contributed by atoms with Crippen LogP contribution in [0.3, 0.4) is 0 Å². The van der Waals surface area contributed by atoms with Crippen LogP contribution in [-0.4, -0.2) is 34.8 Å².